The van der Waals surface area contributed by atoms with Crippen LogP contribution in [0.3, 0.4) is 0 Å². The number of fused-ring (bicyclic) bond motifs is 12. The summed E-state index contributed by atoms with van der Waals surface area (Å²) in [5, 5.41) is 12.6. The first-order chi connectivity index (χ1) is 22.3. The fourth-order valence-corrected chi connectivity index (χ4v) is 8.32. The van der Waals surface area contributed by atoms with Crippen molar-refractivity contribution in [2.75, 3.05) is 0 Å². The lowest BCUT2D eigenvalue weighted by atomic mass is 9.93. The third-order valence-electron chi connectivity index (χ3n) is 9.22. The fourth-order valence-electron chi connectivity index (χ4n) is 7.09. The molecule has 208 valence electrons. The SMILES string of the molecule is c1ccc(-c2nc3ccc4ccccc4c3nc2-c2ccc3c(ccc4ccc5c(ccc6c7ccccc7sc65)c43)c2)cc1. The minimum atomic E-state index is 0.899. The summed E-state index contributed by atoms with van der Waals surface area (Å²) in [5.41, 5.74) is 5.76. The number of thiophene rings is 1. The highest BCUT2D eigenvalue weighted by molar-refractivity contribution is 7.26. The van der Waals surface area contributed by atoms with Crippen LogP contribution in [0.5, 0.6) is 0 Å². The largest absolute Gasteiger partial charge is 0.244 e. The maximum atomic E-state index is 5.36. The topological polar surface area (TPSA) is 25.8 Å². The lowest BCUT2D eigenvalue weighted by Crippen LogP contribution is -1.96. The van der Waals surface area contributed by atoms with Crippen LogP contribution >= 0.6 is 11.3 Å². The van der Waals surface area contributed by atoms with E-state index >= 15 is 0 Å². The molecule has 0 aliphatic rings. The average molecular weight is 589 g/mol. The van der Waals surface area contributed by atoms with E-state index in [0.29, 0.717) is 0 Å². The van der Waals surface area contributed by atoms with Crippen molar-refractivity contribution in [3.05, 3.63) is 146 Å². The maximum absolute atomic E-state index is 5.36. The molecule has 2 aromatic heterocycles. The molecule has 0 spiro atoms. The molecule has 0 radical (unpaired) electrons. The molecule has 0 saturated carbocycles. The molecule has 0 aliphatic heterocycles. The Balaban J connectivity index is 1.24. The first-order valence-electron chi connectivity index (χ1n) is 15.2. The maximum Gasteiger partial charge on any atom is 0.0973 e. The Morgan fingerprint density at radius 2 is 1.07 bits per heavy atom. The van der Waals surface area contributed by atoms with Gasteiger partial charge in [-0.1, -0.05) is 127 Å². The van der Waals surface area contributed by atoms with Crippen molar-refractivity contribution in [3.63, 3.8) is 0 Å². The zero-order valence-electron chi connectivity index (χ0n) is 24.2. The summed E-state index contributed by atoms with van der Waals surface area (Å²) in [7, 11) is 0. The second-order valence-corrected chi connectivity index (χ2v) is 12.8. The Kier molecular flexibility index (Phi) is 5.19. The molecule has 2 heterocycles. The van der Waals surface area contributed by atoms with Gasteiger partial charge in [0.25, 0.3) is 0 Å². The number of hydrogen-bond acceptors (Lipinski definition) is 3. The van der Waals surface area contributed by atoms with E-state index in [-0.39, 0.29) is 0 Å². The molecule has 2 nitrogen and oxygen atoms in total. The van der Waals surface area contributed by atoms with Gasteiger partial charge in [0.05, 0.1) is 22.4 Å². The van der Waals surface area contributed by atoms with E-state index in [9.17, 15) is 0 Å². The summed E-state index contributed by atoms with van der Waals surface area (Å²) >= 11 is 1.89. The molecule has 0 saturated heterocycles. The Bertz CT molecular complexity index is 2810. The Labute approximate surface area is 262 Å². The quantitative estimate of drug-likeness (QED) is 0.188. The van der Waals surface area contributed by atoms with Crippen molar-refractivity contribution < 1.29 is 0 Å². The van der Waals surface area contributed by atoms with Crippen LogP contribution < -0.4 is 0 Å². The first-order valence-corrected chi connectivity index (χ1v) is 16.1. The van der Waals surface area contributed by atoms with Crippen LogP contribution in [-0.4, -0.2) is 9.97 Å². The standard InChI is InChI=1S/C42H24N2S/c1-2-9-27(10-3-1)39-40(44-41-31-11-5-4-8-25(31)18-23-36(41)43-39)29-17-19-30-28(24-29)15-14-26-16-20-35-33(38(26)30)21-22-34-32-12-6-7-13-37(32)45-42(34)35/h1-24H. The molecule has 0 unspecified atom stereocenters. The van der Waals surface area contributed by atoms with Crippen LogP contribution in [0.15, 0.2) is 146 Å². The van der Waals surface area contributed by atoms with E-state index in [0.717, 1.165) is 38.9 Å². The van der Waals surface area contributed by atoms with E-state index in [4.69, 9.17) is 9.97 Å². The lowest BCUT2D eigenvalue weighted by molar-refractivity contribution is 1.30. The summed E-state index contributed by atoms with van der Waals surface area (Å²) in [4.78, 5) is 10.6. The van der Waals surface area contributed by atoms with Gasteiger partial charge in [0.1, 0.15) is 0 Å². The van der Waals surface area contributed by atoms with Crippen molar-refractivity contribution in [2.45, 2.75) is 0 Å². The minimum Gasteiger partial charge on any atom is -0.244 e. The van der Waals surface area contributed by atoms with Gasteiger partial charge in [-0.25, -0.2) is 9.97 Å². The lowest BCUT2D eigenvalue weighted by Gasteiger charge is -2.14. The molecule has 0 bridgehead atoms. The highest BCUT2D eigenvalue weighted by Crippen LogP contribution is 2.42. The van der Waals surface area contributed by atoms with Gasteiger partial charge in [-0.3, -0.25) is 0 Å². The van der Waals surface area contributed by atoms with Crippen molar-refractivity contribution in [1.29, 1.82) is 0 Å². The molecule has 45 heavy (non-hydrogen) atoms. The minimum absolute atomic E-state index is 0.899. The predicted molar refractivity (Wildman–Crippen MR) is 193 cm³/mol. The first kappa shape index (κ1) is 24.8. The normalized spacial score (nSPS) is 12.0. The molecule has 10 aromatic rings. The van der Waals surface area contributed by atoms with Gasteiger partial charge >= 0.3 is 0 Å². The zero-order valence-corrected chi connectivity index (χ0v) is 25.0. The van der Waals surface area contributed by atoms with Crippen molar-refractivity contribution >= 4 is 85.6 Å². The molecule has 8 aromatic carbocycles. The highest BCUT2D eigenvalue weighted by Gasteiger charge is 2.17. The van der Waals surface area contributed by atoms with Gasteiger partial charge in [0.15, 0.2) is 0 Å². The summed E-state index contributed by atoms with van der Waals surface area (Å²) in [6.45, 7) is 0. The fraction of sp³-hybridized carbons (Fsp3) is 0. The molecule has 0 N–H and O–H groups in total. The number of benzene rings is 8. The molecule has 3 heteroatoms. The number of hydrogen-bond donors (Lipinski definition) is 0. The number of nitrogens with zero attached hydrogens (tertiary/aromatic N) is 2. The molecule has 0 fully saturated rings. The van der Waals surface area contributed by atoms with E-state index < -0.39 is 0 Å². The van der Waals surface area contributed by atoms with Crippen LogP contribution in [0.1, 0.15) is 0 Å². The number of aromatic nitrogens is 2. The predicted octanol–water partition coefficient (Wildman–Crippen LogP) is 11.9. The molecule has 10 rings (SSSR count). The molecule has 0 aliphatic carbocycles. The van der Waals surface area contributed by atoms with E-state index in [1.807, 2.05) is 17.4 Å². The van der Waals surface area contributed by atoms with Gasteiger partial charge in [0, 0.05) is 42.1 Å². The molecular weight excluding hydrogens is 565 g/mol. The second-order valence-electron chi connectivity index (χ2n) is 11.7. The molecule has 0 atom stereocenters. The number of rotatable bonds is 2. The van der Waals surface area contributed by atoms with Crippen molar-refractivity contribution in [1.82, 2.24) is 9.97 Å². The zero-order chi connectivity index (χ0) is 29.5. The third-order valence-corrected chi connectivity index (χ3v) is 10.4. The summed E-state index contributed by atoms with van der Waals surface area (Å²) < 4.78 is 2.69. The van der Waals surface area contributed by atoms with E-state index in [2.05, 4.69) is 140 Å². The smallest absolute Gasteiger partial charge is 0.0973 e. The highest BCUT2D eigenvalue weighted by atomic mass is 32.1. The van der Waals surface area contributed by atoms with Crippen LogP contribution in [-0.2, 0) is 0 Å². The molecular formula is C42H24N2S. The Morgan fingerprint density at radius 3 is 2.00 bits per heavy atom. The summed E-state index contributed by atoms with van der Waals surface area (Å²) in [5.74, 6) is 0. The second kappa shape index (κ2) is 9.43. The van der Waals surface area contributed by atoms with Crippen LogP contribution in [0.25, 0.3) is 96.8 Å². The molecule has 0 amide bonds. The van der Waals surface area contributed by atoms with Crippen molar-refractivity contribution in [3.8, 4) is 22.5 Å². The summed E-state index contributed by atoms with van der Waals surface area (Å²) in [6, 6.07) is 52.3. The Morgan fingerprint density at radius 1 is 0.400 bits per heavy atom. The van der Waals surface area contributed by atoms with Crippen LogP contribution in [0, 0.1) is 0 Å². The van der Waals surface area contributed by atoms with Gasteiger partial charge in [-0.05, 0) is 50.5 Å². The summed E-state index contributed by atoms with van der Waals surface area (Å²) in [6.07, 6.45) is 0. The third kappa shape index (κ3) is 3.68. The van der Waals surface area contributed by atoms with Gasteiger partial charge in [-0.15, -0.1) is 11.3 Å². The van der Waals surface area contributed by atoms with E-state index in [1.54, 1.807) is 0 Å². The van der Waals surface area contributed by atoms with Gasteiger partial charge < -0.3 is 0 Å². The van der Waals surface area contributed by atoms with E-state index in [1.165, 1.54) is 57.9 Å². The monoisotopic (exact) mass is 588 g/mol. The Hall–Kier alpha value is -5.64. The van der Waals surface area contributed by atoms with Crippen molar-refractivity contribution in [2.24, 2.45) is 0 Å². The van der Waals surface area contributed by atoms with Crippen LogP contribution in [0.2, 0.25) is 0 Å². The van der Waals surface area contributed by atoms with Crippen LogP contribution in [0.4, 0.5) is 0 Å². The average Bonchev–Trinajstić information content (AvgIpc) is 3.50. The van der Waals surface area contributed by atoms with Gasteiger partial charge in [0.2, 0.25) is 0 Å². The van der Waals surface area contributed by atoms with Gasteiger partial charge in [-0.2, -0.15) is 0 Å².